The minimum Gasteiger partial charge on any atom is -0.323 e. The fourth-order valence-electron chi connectivity index (χ4n) is 1.80. The smallest absolute Gasteiger partial charge is 0.245 e. The molecule has 0 spiro atoms. The molecule has 0 radical (unpaired) electrons. The lowest BCUT2D eigenvalue weighted by atomic mass is 10.3. The first-order valence-corrected chi connectivity index (χ1v) is 7.70. The topological polar surface area (TPSA) is 62.3 Å². The highest BCUT2D eigenvalue weighted by Gasteiger charge is 2.23. The number of benzene rings is 1. The maximum absolute atomic E-state index is 11.8. The van der Waals surface area contributed by atoms with Crippen LogP contribution in [0.3, 0.4) is 0 Å². The number of rotatable bonds is 3. The highest BCUT2D eigenvalue weighted by molar-refractivity contribution is 8.00. The summed E-state index contributed by atoms with van der Waals surface area (Å²) in [4.78, 5) is 29.1. The van der Waals surface area contributed by atoms with E-state index in [1.807, 2.05) is 24.3 Å². The molecule has 1 aliphatic rings. The summed E-state index contributed by atoms with van der Waals surface area (Å²) in [6.45, 7) is 0.0990. The number of hydrogen-bond donors (Lipinski definition) is 1. The van der Waals surface area contributed by atoms with Crippen LogP contribution in [-0.2, 0) is 9.59 Å². The Morgan fingerprint density at radius 2 is 2.26 bits per heavy atom. The van der Waals surface area contributed by atoms with Crippen molar-refractivity contribution in [2.45, 2.75) is 0 Å². The van der Waals surface area contributed by atoms with Gasteiger partial charge in [-0.3, -0.25) is 9.59 Å². The summed E-state index contributed by atoms with van der Waals surface area (Å²) in [6, 6.07) is 7.71. The minimum atomic E-state index is -0.199. The normalized spacial score (nSPS) is 15.2. The van der Waals surface area contributed by atoms with Crippen molar-refractivity contribution >= 4 is 50.3 Å². The van der Waals surface area contributed by atoms with E-state index in [9.17, 15) is 9.59 Å². The molecule has 2 amide bonds. The van der Waals surface area contributed by atoms with Crippen LogP contribution in [0.15, 0.2) is 24.3 Å². The fourth-order valence-corrected chi connectivity index (χ4v) is 3.58. The van der Waals surface area contributed by atoms with Gasteiger partial charge in [0.1, 0.15) is 6.54 Å². The maximum Gasteiger partial charge on any atom is 0.245 e. The third-order valence-electron chi connectivity index (χ3n) is 2.70. The molecule has 1 saturated heterocycles. The number of anilines is 1. The Hall–Kier alpha value is -1.60. The van der Waals surface area contributed by atoms with Crippen LogP contribution in [0, 0.1) is 0 Å². The van der Waals surface area contributed by atoms with E-state index in [2.05, 4.69) is 10.3 Å². The number of para-hydroxylation sites is 1. The molecule has 7 heteroatoms. The van der Waals surface area contributed by atoms with Crippen molar-refractivity contribution in [2.75, 3.05) is 23.5 Å². The summed E-state index contributed by atoms with van der Waals surface area (Å²) >= 11 is 2.96. The van der Waals surface area contributed by atoms with E-state index in [0.717, 1.165) is 10.2 Å². The van der Waals surface area contributed by atoms with Gasteiger partial charge in [0.05, 0.1) is 21.8 Å². The van der Waals surface area contributed by atoms with Gasteiger partial charge in [-0.25, -0.2) is 4.98 Å². The first kappa shape index (κ1) is 12.4. The highest BCUT2D eigenvalue weighted by Crippen LogP contribution is 2.25. The van der Waals surface area contributed by atoms with Gasteiger partial charge in [-0.15, -0.1) is 11.8 Å². The molecule has 2 heterocycles. The zero-order valence-electron chi connectivity index (χ0n) is 9.96. The van der Waals surface area contributed by atoms with Gasteiger partial charge in [0.25, 0.3) is 0 Å². The Bertz CT molecular complexity index is 608. The van der Waals surface area contributed by atoms with Crippen LogP contribution >= 0.6 is 23.1 Å². The second kappa shape index (κ2) is 5.18. The van der Waals surface area contributed by atoms with E-state index in [4.69, 9.17) is 0 Å². The molecule has 1 aromatic carbocycles. The molecule has 1 fully saturated rings. The molecule has 1 N–H and O–H groups in total. The number of aromatic nitrogens is 1. The number of amides is 2. The van der Waals surface area contributed by atoms with E-state index in [1.54, 1.807) is 4.90 Å². The zero-order chi connectivity index (χ0) is 13.2. The average molecular weight is 293 g/mol. The number of nitrogens with one attached hydrogen (secondary N) is 1. The van der Waals surface area contributed by atoms with Crippen LogP contribution in [0.5, 0.6) is 0 Å². The van der Waals surface area contributed by atoms with Gasteiger partial charge < -0.3 is 10.2 Å². The Kier molecular flexibility index (Phi) is 3.39. The molecule has 0 saturated carbocycles. The molecular weight excluding hydrogens is 282 g/mol. The van der Waals surface area contributed by atoms with E-state index in [1.165, 1.54) is 23.1 Å². The number of nitrogens with zero attached hydrogens (tertiary/aromatic N) is 2. The molecular formula is C12H11N3O2S2. The molecule has 19 heavy (non-hydrogen) atoms. The lowest BCUT2D eigenvalue weighted by Crippen LogP contribution is -2.34. The third-order valence-corrected chi connectivity index (χ3v) is 4.60. The monoisotopic (exact) mass is 293 g/mol. The number of fused-ring (bicyclic) bond motifs is 1. The molecule has 0 unspecified atom stereocenters. The van der Waals surface area contributed by atoms with Crippen molar-refractivity contribution < 1.29 is 9.59 Å². The predicted molar refractivity (Wildman–Crippen MR) is 77.3 cm³/mol. The molecule has 3 rings (SSSR count). The standard InChI is InChI=1S/C12H11N3O2S2/c16-10(5-15-7-18-6-11(15)17)14-12-13-8-3-1-2-4-9(8)19-12/h1-4H,5-7H2,(H,13,14,16). The zero-order valence-corrected chi connectivity index (χ0v) is 11.6. The van der Waals surface area contributed by atoms with Gasteiger partial charge in [-0.05, 0) is 12.1 Å². The Morgan fingerprint density at radius 1 is 1.42 bits per heavy atom. The van der Waals surface area contributed by atoms with E-state index in [0.29, 0.717) is 16.8 Å². The van der Waals surface area contributed by atoms with Crippen molar-refractivity contribution in [1.82, 2.24) is 9.88 Å². The largest absolute Gasteiger partial charge is 0.323 e. The third kappa shape index (κ3) is 2.71. The van der Waals surface area contributed by atoms with Crippen LogP contribution in [0.25, 0.3) is 10.2 Å². The molecule has 0 atom stereocenters. The van der Waals surface area contributed by atoms with E-state index in [-0.39, 0.29) is 18.4 Å². The fraction of sp³-hybridized carbons (Fsp3) is 0.250. The van der Waals surface area contributed by atoms with Crippen molar-refractivity contribution in [3.63, 3.8) is 0 Å². The molecule has 1 aromatic heterocycles. The molecule has 5 nitrogen and oxygen atoms in total. The van der Waals surface area contributed by atoms with Crippen LogP contribution in [0.2, 0.25) is 0 Å². The molecule has 98 valence electrons. The highest BCUT2D eigenvalue weighted by atomic mass is 32.2. The number of carbonyl (C=O) groups is 2. The van der Waals surface area contributed by atoms with Crippen LogP contribution in [-0.4, -0.2) is 39.9 Å². The number of thioether (sulfide) groups is 1. The van der Waals surface area contributed by atoms with E-state index >= 15 is 0 Å². The first-order valence-electron chi connectivity index (χ1n) is 5.73. The van der Waals surface area contributed by atoms with E-state index < -0.39 is 0 Å². The van der Waals surface area contributed by atoms with Gasteiger partial charge in [0, 0.05) is 0 Å². The van der Waals surface area contributed by atoms with Gasteiger partial charge in [0.2, 0.25) is 11.8 Å². The van der Waals surface area contributed by atoms with Crippen LogP contribution in [0.1, 0.15) is 0 Å². The lowest BCUT2D eigenvalue weighted by molar-refractivity contribution is -0.130. The number of carbonyl (C=O) groups excluding carboxylic acids is 2. The Morgan fingerprint density at radius 3 is 3.00 bits per heavy atom. The van der Waals surface area contributed by atoms with Crippen LogP contribution in [0.4, 0.5) is 5.13 Å². The quantitative estimate of drug-likeness (QED) is 0.937. The molecule has 0 aliphatic carbocycles. The predicted octanol–water partition coefficient (Wildman–Crippen LogP) is 1.77. The lowest BCUT2D eigenvalue weighted by Gasteiger charge is -2.12. The summed E-state index contributed by atoms with van der Waals surface area (Å²) in [5, 5.41) is 3.32. The minimum absolute atomic E-state index is 0.0180. The number of hydrogen-bond acceptors (Lipinski definition) is 5. The number of thiazole rings is 1. The van der Waals surface area contributed by atoms with Gasteiger partial charge >= 0.3 is 0 Å². The summed E-state index contributed by atoms with van der Waals surface area (Å²) in [7, 11) is 0. The Labute approximate surface area is 118 Å². The van der Waals surface area contributed by atoms with Gasteiger partial charge in [-0.2, -0.15) is 0 Å². The summed E-state index contributed by atoms with van der Waals surface area (Å²) < 4.78 is 1.03. The SMILES string of the molecule is O=C(CN1CSCC1=O)Nc1nc2ccccc2s1. The summed E-state index contributed by atoms with van der Waals surface area (Å²) in [5.74, 6) is 0.875. The van der Waals surface area contributed by atoms with Crippen LogP contribution < -0.4 is 5.32 Å². The summed E-state index contributed by atoms with van der Waals surface area (Å²) in [5.41, 5.74) is 0.871. The molecule has 1 aliphatic heterocycles. The van der Waals surface area contributed by atoms with Crippen molar-refractivity contribution in [3.05, 3.63) is 24.3 Å². The second-order valence-electron chi connectivity index (χ2n) is 4.10. The molecule has 0 bridgehead atoms. The maximum atomic E-state index is 11.8. The van der Waals surface area contributed by atoms with Gasteiger partial charge in [-0.1, -0.05) is 23.5 Å². The summed E-state index contributed by atoms with van der Waals surface area (Å²) in [6.07, 6.45) is 0. The van der Waals surface area contributed by atoms with Crippen molar-refractivity contribution in [1.29, 1.82) is 0 Å². The van der Waals surface area contributed by atoms with Crippen molar-refractivity contribution in [2.24, 2.45) is 0 Å². The van der Waals surface area contributed by atoms with Gasteiger partial charge in [0.15, 0.2) is 5.13 Å². The first-order chi connectivity index (χ1) is 9.22. The average Bonchev–Trinajstić information content (AvgIpc) is 2.95. The van der Waals surface area contributed by atoms with Crippen molar-refractivity contribution in [3.8, 4) is 0 Å². The second-order valence-corrected chi connectivity index (χ2v) is 6.09. The molecule has 2 aromatic rings. The Balaban J connectivity index is 1.67.